The van der Waals surface area contributed by atoms with Gasteiger partial charge in [0.25, 0.3) is 0 Å². The van der Waals surface area contributed by atoms with Crippen molar-refractivity contribution in [2.24, 2.45) is 0 Å². The van der Waals surface area contributed by atoms with E-state index in [0.717, 1.165) is 40.0 Å². The largest absolute Gasteiger partial charge is 0.497 e. The Hall–Kier alpha value is -2.58. The molecule has 27 heavy (non-hydrogen) atoms. The second kappa shape index (κ2) is 8.41. The number of likely N-dealkylation sites (N-methyl/N-ethyl adjacent to an activating group) is 1. The normalized spacial score (nSPS) is 11.1. The number of nitrogens with one attached hydrogen (secondary N) is 1. The minimum absolute atomic E-state index is 0.00533. The van der Waals surface area contributed by atoms with E-state index in [9.17, 15) is 4.79 Å². The molecule has 8 heteroatoms. The lowest BCUT2D eigenvalue weighted by molar-refractivity contribution is -0.120. The van der Waals surface area contributed by atoms with Crippen LogP contribution in [0.3, 0.4) is 0 Å². The van der Waals surface area contributed by atoms with Crippen molar-refractivity contribution < 1.29 is 14.3 Å². The summed E-state index contributed by atoms with van der Waals surface area (Å²) >= 11 is 1.52. The van der Waals surface area contributed by atoms with Gasteiger partial charge in [0.2, 0.25) is 5.91 Å². The van der Waals surface area contributed by atoms with Crippen molar-refractivity contribution >= 4 is 22.2 Å². The predicted molar refractivity (Wildman–Crippen MR) is 107 cm³/mol. The zero-order valence-electron chi connectivity index (χ0n) is 16.0. The number of nitrogens with zero attached hydrogens (tertiary/aromatic N) is 3. The zero-order valence-corrected chi connectivity index (χ0v) is 16.8. The Bertz CT molecular complexity index is 932. The molecule has 0 spiro atoms. The smallest absolute Gasteiger partial charge is 0.226 e. The van der Waals surface area contributed by atoms with Crippen LogP contribution in [0.2, 0.25) is 0 Å². The Kier molecular flexibility index (Phi) is 5.98. The van der Waals surface area contributed by atoms with Gasteiger partial charge in [-0.05, 0) is 32.3 Å². The van der Waals surface area contributed by atoms with Gasteiger partial charge in [-0.3, -0.25) is 9.20 Å². The number of carbonyl (C=O) groups is 1. The number of hydrogen-bond acceptors (Lipinski definition) is 6. The molecule has 7 nitrogen and oxygen atoms in total. The predicted octanol–water partition coefficient (Wildman–Crippen LogP) is 2.30. The molecule has 0 aliphatic rings. The molecule has 1 amide bonds. The molecule has 3 aromatic rings. The summed E-state index contributed by atoms with van der Waals surface area (Å²) in [5.41, 5.74) is 2.55. The maximum Gasteiger partial charge on any atom is 0.226 e. The first-order chi connectivity index (χ1) is 13.0. The highest BCUT2D eigenvalue weighted by molar-refractivity contribution is 7.15. The third kappa shape index (κ3) is 4.40. The van der Waals surface area contributed by atoms with Crippen LogP contribution in [-0.2, 0) is 11.2 Å². The number of amides is 1. The molecule has 2 heterocycles. The second-order valence-electron chi connectivity index (χ2n) is 6.40. The van der Waals surface area contributed by atoms with E-state index < -0.39 is 0 Å². The molecule has 0 bridgehead atoms. The first kappa shape index (κ1) is 19.2. The van der Waals surface area contributed by atoms with Gasteiger partial charge in [-0.1, -0.05) is 0 Å². The number of rotatable bonds is 8. The fourth-order valence-electron chi connectivity index (χ4n) is 2.75. The van der Waals surface area contributed by atoms with Crippen LogP contribution in [0.25, 0.3) is 16.2 Å². The Balaban J connectivity index is 1.82. The SMILES string of the molecule is COc1ccc(OC)c(-c2cn3c(CC(=O)NCCN(C)C)csc3n2)c1. The summed E-state index contributed by atoms with van der Waals surface area (Å²) in [5, 5.41) is 4.92. The monoisotopic (exact) mass is 388 g/mol. The molecule has 0 aliphatic heterocycles. The Morgan fingerprint density at radius 3 is 2.81 bits per heavy atom. The molecule has 1 N–H and O–H groups in total. The number of imidazole rings is 1. The van der Waals surface area contributed by atoms with E-state index >= 15 is 0 Å². The number of aromatic nitrogens is 2. The summed E-state index contributed by atoms with van der Waals surface area (Å²) in [6, 6.07) is 5.61. The van der Waals surface area contributed by atoms with Crippen molar-refractivity contribution in [3.05, 3.63) is 35.5 Å². The molecule has 0 fully saturated rings. The third-order valence-electron chi connectivity index (χ3n) is 4.19. The fraction of sp³-hybridized carbons (Fsp3) is 0.368. The summed E-state index contributed by atoms with van der Waals surface area (Å²) in [4.78, 5) is 19.8. The zero-order chi connectivity index (χ0) is 19.4. The summed E-state index contributed by atoms with van der Waals surface area (Å²) in [5.74, 6) is 1.47. The highest BCUT2D eigenvalue weighted by atomic mass is 32.1. The van der Waals surface area contributed by atoms with Crippen molar-refractivity contribution in [2.75, 3.05) is 41.4 Å². The Morgan fingerprint density at radius 1 is 1.30 bits per heavy atom. The van der Waals surface area contributed by atoms with Crippen LogP contribution < -0.4 is 14.8 Å². The van der Waals surface area contributed by atoms with Gasteiger partial charge in [0.15, 0.2) is 4.96 Å². The number of ether oxygens (including phenoxy) is 2. The number of thiazole rings is 1. The van der Waals surface area contributed by atoms with E-state index in [1.807, 2.05) is 53.2 Å². The summed E-state index contributed by atoms with van der Waals surface area (Å²) in [6.07, 6.45) is 2.25. The van der Waals surface area contributed by atoms with Crippen molar-refractivity contribution in [1.82, 2.24) is 19.6 Å². The standard InChI is InChI=1S/C19H24N4O3S/c1-22(2)8-7-20-18(24)9-13-12-27-19-21-16(11-23(13)19)15-10-14(25-3)5-6-17(15)26-4/h5-6,10-12H,7-9H2,1-4H3,(H,20,24). The van der Waals surface area contributed by atoms with Crippen molar-refractivity contribution in [2.45, 2.75) is 6.42 Å². The lowest BCUT2D eigenvalue weighted by Crippen LogP contribution is -2.32. The van der Waals surface area contributed by atoms with Gasteiger partial charge in [-0.15, -0.1) is 11.3 Å². The van der Waals surface area contributed by atoms with Gasteiger partial charge >= 0.3 is 0 Å². The molecule has 0 unspecified atom stereocenters. The van der Waals surface area contributed by atoms with Gasteiger partial charge in [0, 0.05) is 35.9 Å². The van der Waals surface area contributed by atoms with Crippen LogP contribution in [0, 0.1) is 0 Å². The average molecular weight is 388 g/mol. The summed E-state index contributed by atoms with van der Waals surface area (Å²) < 4.78 is 12.7. The van der Waals surface area contributed by atoms with E-state index in [1.165, 1.54) is 11.3 Å². The molecule has 0 saturated carbocycles. The summed E-state index contributed by atoms with van der Waals surface area (Å²) in [7, 11) is 7.22. The Labute approximate surface area is 162 Å². The van der Waals surface area contributed by atoms with Gasteiger partial charge in [-0.25, -0.2) is 4.98 Å². The van der Waals surface area contributed by atoms with Crippen LogP contribution in [-0.4, -0.2) is 61.6 Å². The fourth-order valence-corrected chi connectivity index (χ4v) is 3.62. The molecule has 0 saturated heterocycles. The number of carbonyl (C=O) groups excluding carboxylic acids is 1. The molecule has 3 rings (SSSR count). The maximum atomic E-state index is 12.2. The van der Waals surface area contributed by atoms with Gasteiger partial charge in [0.05, 0.1) is 26.3 Å². The topological polar surface area (TPSA) is 68.1 Å². The molecule has 144 valence electrons. The van der Waals surface area contributed by atoms with Gasteiger partial charge in [0.1, 0.15) is 11.5 Å². The summed E-state index contributed by atoms with van der Waals surface area (Å²) in [6.45, 7) is 1.45. The molecular formula is C19H24N4O3S. The van der Waals surface area contributed by atoms with Crippen molar-refractivity contribution in [3.63, 3.8) is 0 Å². The minimum Gasteiger partial charge on any atom is -0.497 e. The van der Waals surface area contributed by atoms with Crippen molar-refractivity contribution in [1.29, 1.82) is 0 Å². The van der Waals surface area contributed by atoms with Crippen LogP contribution in [0.5, 0.6) is 11.5 Å². The van der Waals surface area contributed by atoms with Gasteiger partial charge < -0.3 is 19.7 Å². The minimum atomic E-state index is 0.00533. The Morgan fingerprint density at radius 2 is 2.11 bits per heavy atom. The molecule has 0 atom stereocenters. The van der Waals surface area contributed by atoms with E-state index in [4.69, 9.17) is 9.47 Å². The first-order valence-electron chi connectivity index (χ1n) is 8.61. The lowest BCUT2D eigenvalue weighted by atomic mass is 10.1. The highest BCUT2D eigenvalue weighted by Crippen LogP contribution is 2.34. The van der Waals surface area contributed by atoms with Crippen LogP contribution in [0.1, 0.15) is 5.69 Å². The van der Waals surface area contributed by atoms with Crippen LogP contribution in [0.4, 0.5) is 0 Å². The first-order valence-corrected chi connectivity index (χ1v) is 9.49. The number of fused-ring (bicyclic) bond motifs is 1. The molecular weight excluding hydrogens is 364 g/mol. The lowest BCUT2D eigenvalue weighted by Gasteiger charge is -2.10. The van der Waals surface area contributed by atoms with Crippen molar-refractivity contribution in [3.8, 4) is 22.8 Å². The highest BCUT2D eigenvalue weighted by Gasteiger charge is 2.15. The molecule has 0 radical (unpaired) electrons. The average Bonchev–Trinajstić information content (AvgIpc) is 3.22. The van der Waals surface area contributed by atoms with Gasteiger partial charge in [-0.2, -0.15) is 0 Å². The van der Waals surface area contributed by atoms with E-state index in [2.05, 4.69) is 10.3 Å². The van der Waals surface area contributed by atoms with Crippen LogP contribution in [0.15, 0.2) is 29.8 Å². The molecule has 1 aromatic carbocycles. The molecule has 2 aromatic heterocycles. The number of methoxy groups -OCH3 is 2. The third-order valence-corrected chi connectivity index (χ3v) is 5.08. The number of hydrogen-bond donors (Lipinski definition) is 1. The second-order valence-corrected chi connectivity index (χ2v) is 7.24. The van der Waals surface area contributed by atoms with E-state index in [-0.39, 0.29) is 5.91 Å². The number of benzene rings is 1. The molecule has 0 aliphatic carbocycles. The van der Waals surface area contributed by atoms with Crippen LogP contribution >= 0.6 is 11.3 Å². The van der Waals surface area contributed by atoms with E-state index in [1.54, 1.807) is 14.2 Å². The van der Waals surface area contributed by atoms with E-state index in [0.29, 0.717) is 13.0 Å². The maximum absolute atomic E-state index is 12.2. The quantitative estimate of drug-likeness (QED) is 0.641.